The summed E-state index contributed by atoms with van der Waals surface area (Å²) in [6, 6.07) is 0. The Morgan fingerprint density at radius 2 is 2.53 bits per heavy atom. The van der Waals surface area contributed by atoms with Crippen molar-refractivity contribution in [3.63, 3.8) is 0 Å². The van der Waals surface area contributed by atoms with E-state index in [0.29, 0.717) is 25.3 Å². The quantitative estimate of drug-likeness (QED) is 0.516. The van der Waals surface area contributed by atoms with Gasteiger partial charge in [0, 0.05) is 25.8 Å². The van der Waals surface area contributed by atoms with Gasteiger partial charge >= 0.3 is 0 Å². The summed E-state index contributed by atoms with van der Waals surface area (Å²) in [6.45, 7) is 5.37. The monoisotopic (exact) mass is 208 g/mol. The van der Waals surface area contributed by atoms with E-state index in [-0.39, 0.29) is 5.91 Å². The lowest BCUT2D eigenvalue weighted by molar-refractivity contribution is 0.0950. The Hall–Kier alpha value is -1.62. The fourth-order valence-corrected chi connectivity index (χ4v) is 1.13. The molecule has 0 fully saturated rings. The summed E-state index contributed by atoms with van der Waals surface area (Å²) in [4.78, 5) is 15.5. The van der Waals surface area contributed by atoms with Crippen LogP contribution in [0.5, 0.6) is 0 Å². The van der Waals surface area contributed by atoms with Gasteiger partial charge in [-0.15, -0.1) is 6.58 Å². The number of amides is 1. The number of carbonyl (C=O) groups excluding carboxylic acids is 1. The second-order valence-corrected chi connectivity index (χ2v) is 3.12. The summed E-state index contributed by atoms with van der Waals surface area (Å²) in [7, 11) is 0. The second-order valence-electron chi connectivity index (χ2n) is 3.12. The van der Waals surface area contributed by atoms with Crippen LogP contribution in [0.3, 0.4) is 0 Å². The van der Waals surface area contributed by atoms with E-state index < -0.39 is 0 Å². The summed E-state index contributed by atoms with van der Waals surface area (Å²) in [5.74, 6) is -0.160. The van der Waals surface area contributed by atoms with Crippen molar-refractivity contribution >= 4 is 5.91 Å². The molecule has 3 N–H and O–H groups in total. The Bertz CT molecular complexity index is 332. The van der Waals surface area contributed by atoms with Crippen LogP contribution in [0.2, 0.25) is 0 Å². The van der Waals surface area contributed by atoms with Crippen molar-refractivity contribution in [1.29, 1.82) is 0 Å². The predicted octanol–water partition coefficient (Wildman–Crippen LogP) is 0.148. The number of hydrogen-bond acceptors (Lipinski definition) is 3. The molecule has 5 heteroatoms. The largest absolute Gasteiger partial charge is 0.350 e. The third-order valence-electron chi connectivity index (χ3n) is 1.89. The van der Waals surface area contributed by atoms with E-state index in [2.05, 4.69) is 16.9 Å². The Morgan fingerprint density at radius 1 is 1.73 bits per heavy atom. The number of imidazole rings is 1. The minimum atomic E-state index is -0.160. The molecule has 0 saturated heterocycles. The molecule has 0 saturated carbocycles. The molecular weight excluding hydrogens is 192 g/mol. The van der Waals surface area contributed by atoms with Crippen LogP contribution < -0.4 is 11.1 Å². The average molecular weight is 208 g/mol. The molecule has 1 rings (SSSR count). The number of aromatic nitrogens is 2. The summed E-state index contributed by atoms with van der Waals surface area (Å²) >= 11 is 0. The SMILES string of the molecule is C=CCCNC(=O)c1cn(CCN)cn1. The molecule has 0 atom stereocenters. The molecule has 0 aliphatic heterocycles. The molecule has 0 aliphatic rings. The van der Waals surface area contributed by atoms with Crippen LogP contribution in [0.25, 0.3) is 0 Å². The maximum absolute atomic E-state index is 11.5. The average Bonchev–Trinajstić information content (AvgIpc) is 2.67. The number of nitrogens with two attached hydrogens (primary N) is 1. The Balaban J connectivity index is 2.46. The molecule has 5 nitrogen and oxygen atoms in total. The molecule has 1 aromatic heterocycles. The van der Waals surface area contributed by atoms with Gasteiger partial charge in [-0.25, -0.2) is 4.98 Å². The maximum atomic E-state index is 11.5. The Kier molecular flexibility index (Phi) is 4.56. The molecule has 1 amide bonds. The fourth-order valence-electron chi connectivity index (χ4n) is 1.13. The van der Waals surface area contributed by atoms with E-state index in [1.807, 2.05) is 0 Å². The molecule has 0 aromatic carbocycles. The molecule has 82 valence electrons. The molecule has 0 radical (unpaired) electrons. The highest BCUT2D eigenvalue weighted by Crippen LogP contribution is 1.95. The van der Waals surface area contributed by atoms with Gasteiger partial charge in [-0.1, -0.05) is 6.08 Å². The lowest BCUT2D eigenvalue weighted by atomic mass is 10.4. The summed E-state index contributed by atoms with van der Waals surface area (Å²) in [5.41, 5.74) is 5.81. The van der Waals surface area contributed by atoms with Crippen LogP contribution in [-0.4, -0.2) is 28.5 Å². The van der Waals surface area contributed by atoms with Gasteiger partial charge in [0.2, 0.25) is 0 Å². The summed E-state index contributed by atoms with van der Waals surface area (Å²) in [5, 5.41) is 2.74. The normalized spacial score (nSPS) is 9.93. The first kappa shape index (κ1) is 11.5. The van der Waals surface area contributed by atoms with Crippen molar-refractivity contribution in [2.45, 2.75) is 13.0 Å². The van der Waals surface area contributed by atoms with Crippen LogP contribution in [0, 0.1) is 0 Å². The van der Waals surface area contributed by atoms with E-state index in [0.717, 1.165) is 6.42 Å². The van der Waals surface area contributed by atoms with Crippen LogP contribution in [0.4, 0.5) is 0 Å². The highest BCUT2D eigenvalue weighted by atomic mass is 16.1. The highest BCUT2D eigenvalue weighted by Gasteiger charge is 2.07. The van der Waals surface area contributed by atoms with Gasteiger partial charge in [0.1, 0.15) is 5.69 Å². The van der Waals surface area contributed by atoms with Gasteiger partial charge < -0.3 is 15.6 Å². The molecular formula is C10H16N4O. The molecule has 0 bridgehead atoms. The minimum Gasteiger partial charge on any atom is -0.350 e. The van der Waals surface area contributed by atoms with Gasteiger partial charge in [0.15, 0.2) is 0 Å². The zero-order chi connectivity index (χ0) is 11.1. The van der Waals surface area contributed by atoms with Gasteiger partial charge in [0.25, 0.3) is 5.91 Å². The molecule has 1 heterocycles. The van der Waals surface area contributed by atoms with E-state index in [4.69, 9.17) is 5.73 Å². The lowest BCUT2D eigenvalue weighted by Crippen LogP contribution is -2.24. The number of carbonyl (C=O) groups is 1. The van der Waals surface area contributed by atoms with Crippen molar-refractivity contribution in [2.24, 2.45) is 5.73 Å². The predicted molar refractivity (Wildman–Crippen MR) is 58.4 cm³/mol. The second kappa shape index (κ2) is 5.98. The van der Waals surface area contributed by atoms with E-state index in [1.165, 1.54) is 0 Å². The van der Waals surface area contributed by atoms with Crippen LogP contribution >= 0.6 is 0 Å². The van der Waals surface area contributed by atoms with Gasteiger partial charge in [-0.05, 0) is 6.42 Å². The zero-order valence-electron chi connectivity index (χ0n) is 8.65. The maximum Gasteiger partial charge on any atom is 0.271 e. The molecule has 1 aromatic rings. The number of nitrogens with one attached hydrogen (secondary N) is 1. The first-order chi connectivity index (χ1) is 7.27. The fraction of sp³-hybridized carbons (Fsp3) is 0.400. The third kappa shape index (κ3) is 3.55. The van der Waals surface area contributed by atoms with Crippen molar-refractivity contribution < 1.29 is 4.79 Å². The van der Waals surface area contributed by atoms with Crippen molar-refractivity contribution in [2.75, 3.05) is 13.1 Å². The highest BCUT2D eigenvalue weighted by molar-refractivity contribution is 5.91. The summed E-state index contributed by atoms with van der Waals surface area (Å²) in [6.07, 6.45) is 5.81. The number of rotatable bonds is 6. The topological polar surface area (TPSA) is 72.9 Å². The van der Waals surface area contributed by atoms with Gasteiger partial charge in [-0.2, -0.15) is 0 Å². The Morgan fingerprint density at radius 3 is 3.20 bits per heavy atom. The van der Waals surface area contributed by atoms with Crippen molar-refractivity contribution in [3.05, 3.63) is 30.9 Å². The summed E-state index contributed by atoms with van der Waals surface area (Å²) < 4.78 is 1.79. The van der Waals surface area contributed by atoms with E-state index in [9.17, 15) is 4.79 Å². The first-order valence-corrected chi connectivity index (χ1v) is 4.89. The van der Waals surface area contributed by atoms with Gasteiger partial charge in [0.05, 0.1) is 6.33 Å². The Labute approximate surface area is 89.0 Å². The van der Waals surface area contributed by atoms with Gasteiger partial charge in [-0.3, -0.25) is 4.79 Å². The molecule has 15 heavy (non-hydrogen) atoms. The zero-order valence-corrected chi connectivity index (χ0v) is 8.65. The first-order valence-electron chi connectivity index (χ1n) is 4.89. The van der Waals surface area contributed by atoms with Crippen LogP contribution in [0.15, 0.2) is 25.2 Å². The van der Waals surface area contributed by atoms with Crippen LogP contribution in [-0.2, 0) is 6.54 Å². The van der Waals surface area contributed by atoms with Crippen molar-refractivity contribution in [3.8, 4) is 0 Å². The van der Waals surface area contributed by atoms with E-state index in [1.54, 1.807) is 23.2 Å². The third-order valence-corrected chi connectivity index (χ3v) is 1.89. The van der Waals surface area contributed by atoms with E-state index >= 15 is 0 Å². The lowest BCUT2D eigenvalue weighted by Gasteiger charge is -1.99. The number of nitrogens with zero attached hydrogens (tertiary/aromatic N) is 2. The number of hydrogen-bond donors (Lipinski definition) is 2. The smallest absolute Gasteiger partial charge is 0.271 e. The molecule has 0 unspecified atom stereocenters. The van der Waals surface area contributed by atoms with Crippen molar-refractivity contribution in [1.82, 2.24) is 14.9 Å². The molecule has 0 spiro atoms. The van der Waals surface area contributed by atoms with Crippen LogP contribution in [0.1, 0.15) is 16.9 Å². The molecule has 0 aliphatic carbocycles. The minimum absolute atomic E-state index is 0.160. The standard InChI is InChI=1S/C10H16N4O/c1-2-3-5-12-10(15)9-7-14(6-4-11)8-13-9/h2,7-8H,1,3-6,11H2,(H,12,15).